The molecule has 2 aromatic rings. The van der Waals surface area contributed by atoms with Crippen LogP contribution in [-0.4, -0.2) is 42.7 Å². The molecule has 1 N–H and O–H groups in total. The van der Waals surface area contributed by atoms with Gasteiger partial charge in [0.05, 0.1) is 11.7 Å². The van der Waals surface area contributed by atoms with Gasteiger partial charge in [0.2, 0.25) is 5.91 Å². The summed E-state index contributed by atoms with van der Waals surface area (Å²) in [6.45, 7) is 5.61. The Balaban J connectivity index is 1.78. The van der Waals surface area contributed by atoms with Gasteiger partial charge in [-0.25, -0.2) is 13.4 Å². The zero-order chi connectivity index (χ0) is 17.3. The van der Waals surface area contributed by atoms with Crippen LogP contribution in [0.5, 0.6) is 0 Å². The molecule has 1 aromatic heterocycles. The molecule has 2 heterocycles. The first-order valence-corrected chi connectivity index (χ1v) is 9.63. The van der Waals surface area contributed by atoms with E-state index in [1.807, 2.05) is 30.3 Å². The van der Waals surface area contributed by atoms with Crippen LogP contribution >= 0.6 is 11.3 Å². The van der Waals surface area contributed by atoms with Crippen LogP contribution in [0.4, 0.5) is 0 Å². The van der Waals surface area contributed by atoms with Crippen LogP contribution < -0.4 is 5.32 Å². The number of nitrogens with zero attached hydrogens (tertiary/aromatic N) is 2. The van der Waals surface area contributed by atoms with Gasteiger partial charge in [0.1, 0.15) is 5.01 Å². The van der Waals surface area contributed by atoms with E-state index in [2.05, 4.69) is 16.9 Å². The third-order valence-electron chi connectivity index (χ3n) is 3.73. The first kappa shape index (κ1) is 16.8. The van der Waals surface area contributed by atoms with Crippen LogP contribution in [0.1, 0.15) is 5.69 Å². The smallest absolute Gasteiger partial charge is 0.254 e. The standard InChI is InChI=1S/C16H17N3O3S2/c1-3-14(20)18-13-9-19(10-13)24(21,22)16-11(2)17-15(23-16)12-7-5-4-6-8-12/h3-8,13H,1,9-10H2,2H3,(H,18,20). The second-order valence-corrected chi connectivity index (χ2v) is 8.62. The van der Waals surface area contributed by atoms with Crippen molar-refractivity contribution in [3.05, 3.63) is 48.7 Å². The van der Waals surface area contributed by atoms with E-state index < -0.39 is 10.0 Å². The molecule has 6 nitrogen and oxygen atoms in total. The lowest BCUT2D eigenvalue weighted by atomic mass is 10.2. The molecule has 24 heavy (non-hydrogen) atoms. The van der Waals surface area contributed by atoms with Crippen molar-refractivity contribution in [2.75, 3.05) is 13.1 Å². The highest BCUT2D eigenvalue weighted by Gasteiger charge is 2.39. The number of thiazole rings is 1. The van der Waals surface area contributed by atoms with Crippen molar-refractivity contribution in [2.45, 2.75) is 17.2 Å². The number of carbonyl (C=O) groups excluding carboxylic acids is 1. The lowest BCUT2D eigenvalue weighted by Crippen LogP contribution is -2.60. The fraction of sp³-hybridized carbons (Fsp3) is 0.250. The quantitative estimate of drug-likeness (QED) is 0.822. The van der Waals surface area contributed by atoms with Crippen LogP contribution in [0.25, 0.3) is 10.6 Å². The number of hydrogen-bond donors (Lipinski definition) is 1. The summed E-state index contributed by atoms with van der Waals surface area (Å²) < 4.78 is 27.1. The van der Waals surface area contributed by atoms with Crippen LogP contribution in [-0.2, 0) is 14.8 Å². The number of sulfonamides is 1. The van der Waals surface area contributed by atoms with Crippen molar-refractivity contribution in [1.29, 1.82) is 0 Å². The van der Waals surface area contributed by atoms with E-state index in [1.165, 1.54) is 21.7 Å². The first-order valence-electron chi connectivity index (χ1n) is 7.37. The number of carbonyl (C=O) groups is 1. The van der Waals surface area contributed by atoms with Gasteiger partial charge in [0.25, 0.3) is 10.0 Å². The van der Waals surface area contributed by atoms with Gasteiger partial charge in [0, 0.05) is 18.7 Å². The Morgan fingerprint density at radius 1 is 1.38 bits per heavy atom. The Hall–Kier alpha value is -2.03. The molecule has 0 atom stereocenters. The Kier molecular flexibility index (Phi) is 4.53. The number of benzene rings is 1. The van der Waals surface area contributed by atoms with Crippen molar-refractivity contribution in [3.63, 3.8) is 0 Å². The molecule has 1 amide bonds. The maximum Gasteiger partial charge on any atom is 0.254 e. The molecule has 0 aliphatic carbocycles. The number of rotatable bonds is 5. The molecule has 3 rings (SSSR count). The summed E-state index contributed by atoms with van der Waals surface area (Å²) in [6, 6.07) is 9.31. The fourth-order valence-corrected chi connectivity index (χ4v) is 5.61. The van der Waals surface area contributed by atoms with E-state index in [0.29, 0.717) is 10.7 Å². The molecule has 0 bridgehead atoms. The minimum atomic E-state index is -3.58. The molecule has 126 valence electrons. The Bertz CT molecular complexity index is 869. The highest BCUT2D eigenvalue weighted by molar-refractivity contribution is 7.91. The largest absolute Gasteiger partial charge is 0.347 e. The van der Waals surface area contributed by atoms with E-state index >= 15 is 0 Å². The molecule has 1 aliphatic rings. The number of aromatic nitrogens is 1. The number of nitrogens with one attached hydrogen (secondary N) is 1. The molecule has 0 radical (unpaired) electrons. The molecule has 8 heteroatoms. The number of hydrogen-bond acceptors (Lipinski definition) is 5. The maximum atomic E-state index is 12.7. The average molecular weight is 363 g/mol. The van der Waals surface area contributed by atoms with Crippen LogP contribution in [0.2, 0.25) is 0 Å². The first-order chi connectivity index (χ1) is 11.4. The van der Waals surface area contributed by atoms with Gasteiger partial charge in [-0.2, -0.15) is 4.31 Å². The van der Waals surface area contributed by atoms with Crippen molar-refractivity contribution in [2.24, 2.45) is 0 Å². The zero-order valence-corrected chi connectivity index (χ0v) is 14.7. The van der Waals surface area contributed by atoms with Gasteiger partial charge in [-0.1, -0.05) is 36.9 Å². The van der Waals surface area contributed by atoms with Crippen molar-refractivity contribution in [1.82, 2.24) is 14.6 Å². The summed E-state index contributed by atoms with van der Waals surface area (Å²) in [5.74, 6) is -0.294. The summed E-state index contributed by atoms with van der Waals surface area (Å²) in [7, 11) is -3.58. The van der Waals surface area contributed by atoms with E-state index in [-0.39, 0.29) is 29.2 Å². The minimum Gasteiger partial charge on any atom is -0.347 e. The summed E-state index contributed by atoms with van der Waals surface area (Å²) in [5, 5.41) is 3.37. The Morgan fingerprint density at radius 3 is 2.67 bits per heavy atom. The second-order valence-electron chi connectivity index (χ2n) is 5.49. The number of amides is 1. The van der Waals surface area contributed by atoms with E-state index in [9.17, 15) is 13.2 Å². The predicted molar refractivity (Wildman–Crippen MR) is 93.2 cm³/mol. The topological polar surface area (TPSA) is 79.4 Å². The summed E-state index contributed by atoms with van der Waals surface area (Å²) in [4.78, 5) is 15.6. The van der Waals surface area contributed by atoms with E-state index in [1.54, 1.807) is 6.92 Å². The van der Waals surface area contributed by atoms with Gasteiger partial charge in [-0.15, -0.1) is 11.3 Å². The molecule has 0 spiro atoms. The second kappa shape index (κ2) is 6.46. The molecule has 1 aliphatic heterocycles. The predicted octanol–water partition coefficient (Wildman–Crippen LogP) is 1.79. The van der Waals surface area contributed by atoms with Crippen LogP contribution in [0.3, 0.4) is 0 Å². The molecule has 1 aromatic carbocycles. The summed E-state index contributed by atoms with van der Waals surface area (Å²) >= 11 is 1.17. The van der Waals surface area contributed by atoms with Crippen LogP contribution in [0.15, 0.2) is 47.2 Å². The number of aryl methyl sites for hydroxylation is 1. The lowest BCUT2D eigenvalue weighted by Gasteiger charge is -2.37. The summed E-state index contributed by atoms with van der Waals surface area (Å²) in [6.07, 6.45) is 1.18. The van der Waals surface area contributed by atoms with Gasteiger partial charge in [-0.3, -0.25) is 4.79 Å². The Labute approximate surface area is 144 Å². The monoisotopic (exact) mass is 363 g/mol. The van der Waals surface area contributed by atoms with E-state index in [4.69, 9.17) is 0 Å². The maximum absolute atomic E-state index is 12.7. The minimum absolute atomic E-state index is 0.174. The van der Waals surface area contributed by atoms with Gasteiger partial charge in [0.15, 0.2) is 4.21 Å². The lowest BCUT2D eigenvalue weighted by molar-refractivity contribution is -0.117. The van der Waals surface area contributed by atoms with Gasteiger partial charge < -0.3 is 5.32 Å². The fourth-order valence-electron chi connectivity index (χ4n) is 2.43. The van der Waals surface area contributed by atoms with Gasteiger partial charge >= 0.3 is 0 Å². The zero-order valence-electron chi connectivity index (χ0n) is 13.1. The molecule has 0 unspecified atom stereocenters. The third-order valence-corrected chi connectivity index (χ3v) is 7.35. The van der Waals surface area contributed by atoms with Crippen molar-refractivity contribution < 1.29 is 13.2 Å². The molecule has 1 saturated heterocycles. The SMILES string of the molecule is C=CC(=O)NC1CN(S(=O)(=O)c2sc(-c3ccccc3)nc2C)C1. The Morgan fingerprint density at radius 2 is 2.04 bits per heavy atom. The van der Waals surface area contributed by atoms with Crippen LogP contribution in [0, 0.1) is 6.92 Å². The highest BCUT2D eigenvalue weighted by Crippen LogP contribution is 2.34. The molecule has 1 fully saturated rings. The van der Waals surface area contributed by atoms with Crippen molar-refractivity contribution in [3.8, 4) is 10.6 Å². The van der Waals surface area contributed by atoms with E-state index in [0.717, 1.165) is 5.56 Å². The van der Waals surface area contributed by atoms with Gasteiger partial charge in [-0.05, 0) is 13.0 Å². The molecule has 0 saturated carbocycles. The molecular formula is C16H17N3O3S2. The third kappa shape index (κ3) is 3.12. The molecular weight excluding hydrogens is 346 g/mol. The highest BCUT2D eigenvalue weighted by atomic mass is 32.2. The van der Waals surface area contributed by atoms with Crippen molar-refractivity contribution >= 4 is 27.3 Å². The average Bonchev–Trinajstić information content (AvgIpc) is 2.93. The normalized spacial score (nSPS) is 15.7. The summed E-state index contributed by atoms with van der Waals surface area (Å²) in [5.41, 5.74) is 1.39.